The summed E-state index contributed by atoms with van der Waals surface area (Å²) in [4.78, 5) is 24.9. The van der Waals surface area contributed by atoms with Gasteiger partial charge < -0.3 is 10.6 Å². The summed E-state index contributed by atoms with van der Waals surface area (Å²) in [6, 6.07) is 20.1. The normalized spacial score (nSPS) is 10.9. The number of carbonyl (C=O) groups excluding carboxylic acids is 2. The Morgan fingerprint density at radius 3 is 1.88 bits per heavy atom. The van der Waals surface area contributed by atoms with Crippen molar-refractivity contribution in [3.8, 4) is 0 Å². The highest BCUT2D eigenvalue weighted by atomic mass is 79.9. The first-order chi connectivity index (χ1) is 15.5. The molecule has 0 spiro atoms. The predicted octanol–water partition coefficient (Wildman–Crippen LogP) is 6.43. The number of carbonyl (C=O) groups is 2. The lowest BCUT2D eigenvalue weighted by atomic mass is 9.87. The average molecular weight is 524 g/mol. The Bertz CT molecular complexity index is 1180. The standard InChI is InChI=1S/C26H26BrN3O2S/c1-16-5-6-18(15-22(16)27)24(32)30-25(33)29-21-13-11-20(12-14-21)28-23(31)17-7-9-19(10-8-17)26(2,3)4/h5-15H,1-4H3,(H,28,31)(H2,29,30,32,33). The Kier molecular flexibility index (Phi) is 7.66. The Labute approximate surface area is 208 Å². The first-order valence-corrected chi connectivity index (χ1v) is 11.6. The average Bonchev–Trinajstić information content (AvgIpc) is 2.76. The van der Waals surface area contributed by atoms with E-state index in [-0.39, 0.29) is 22.3 Å². The Hall–Kier alpha value is -3.03. The van der Waals surface area contributed by atoms with E-state index in [1.54, 1.807) is 36.4 Å². The zero-order valence-electron chi connectivity index (χ0n) is 19.0. The fourth-order valence-electron chi connectivity index (χ4n) is 3.03. The van der Waals surface area contributed by atoms with Gasteiger partial charge in [0, 0.05) is 27.0 Å². The van der Waals surface area contributed by atoms with E-state index in [9.17, 15) is 9.59 Å². The molecule has 2 amide bonds. The molecule has 3 rings (SSSR count). The van der Waals surface area contributed by atoms with Crippen LogP contribution in [0.2, 0.25) is 0 Å². The summed E-state index contributed by atoms with van der Waals surface area (Å²) in [6.07, 6.45) is 0. The van der Waals surface area contributed by atoms with Gasteiger partial charge in [0.1, 0.15) is 0 Å². The Morgan fingerprint density at radius 2 is 1.33 bits per heavy atom. The summed E-state index contributed by atoms with van der Waals surface area (Å²) in [7, 11) is 0. The number of rotatable bonds is 4. The van der Waals surface area contributed by atoms with Crippen molar-refractivity contribution in [3.63, 3.8) is 0 Å². The van der Waals surface area contributed by atoms with Gasteiger partial charge in [-0.3, -0.25) is 14.9 Å². The summed E-state index contributed by atoms with van der Waals surface area (Å²) in [6.45, 7) is 8.36. The molecule has 170 valence electrons. The van der Waals surface area contributed by atoms with Gasteiger partial charge in [-0.2, -0.15) is 0 Å². The van der Waals surface area contributed by atoms with E-state index < -0.39 is 0 Å². The van der Waals surface area contributed by atoms with Crippen molar-refractivity contribution in [1.29, 1.82) is 0 Å². The second-order valence-corrected chi connectivity index (χ2v) is 9.99. The third-order valence-electron chi connectivity index (χ3n) is 5.07. The third-order valence-corrected chi connectivity index (χ3v) is 6.13. The maximum Gasteiger partial charge on any atom is 0.257 e. The smallest absolute Gasteiger partial charge is 0.257 e. The van der Waals surface area contributed by atoms with Crippen LogP contribution in [0.1, 0.15) is 52.6 Å². The van der Waals surface area contributed by atoms with E-state index in [0.717, 1.165) is 10.0 Å². The van der Waals surface area contributed by atoms with E-state index in [1.807, 2.05) is 37.3 Å². The van der Waals surface area contributed by atoms with Gasteiger partial charge in [-0.15, -0.1) is 0 Å². The molecule has 5 nitrogen and oxygen atoms in total. The molecule has 0 atom stereocenters. The molecule has 3 N–H and O–H groups in total. The molecule has 0 radical (unpaired) electrons. The minimum Gasteiger partial charge on any atom is -0.332 e. The van der Waals surface area contributed by atoms with Gasteiger partial charge >= 0.3 is 0 Å². The summed E-state index contributed by atoms with van der Waals surface area (Å²) in [5.74, 6) is -0.474. The number of hydrogen-bond donors (Lipinski definition) is 3. The van der Waals surface area contributed by atoms with E-state index in [4.69, 9.17) is 12.2 Å². The third kappa shape index (κ3) is 6.73. The molecule has 0 aliphatic heterocycles. The van der Waals surface area contributed by atoms with Gasteiger partial charge in [0.15, 0.2) is 5.11 Å². The van der Waals surface area contributed by atoms with Crippen molar-refractivity contribution in [2.24, 2.45) is 0 Å². The van der Waals surface area contributed by atoms with Crippen molar-refractivity contribution >= 4 is 56.4 Å². The molecule has 0 aromatic heterocycles. The number of amides is 2. The number of halogens is 1. The molecule has 0 saturated heterocycles. The molecule has 0 unspecified atom stereocenters. The zero-order chi connectivity index (χ0) is 24.2. The van der Waals surface area contributed by atoms with Crippen LogP contribution in [0, 0.1) is 6.92 Å². The first-order valence-electron chi connectivity index (χ1n) is 10.4. The highest BCUT2D eigenvalue weighted by Crippen LogP contribution is 2.23. The predicted molar refractivity (Wildman–Crippen MR) is 142 cm³/mol. The van der Waals surface area contributed by atoms with Crippen LogP contribution in [0.5, 0.6) is 0 Å². The Balaban J connectivity index is 1.56. The number of anilines is 2. The van der Waals surface area contributed by atoms with E-state index in [0.29, 0.717) is 22.5 Å². The highest BCUT2D eigenvalue weighted by Gasteiger charge is 2.14. The van der Waals surface area contributed by atoms with Crippen LogP contribution in [0.15, 0.2) is 71.2 Å². The van der Waals surface area contributed by atoms with Crippen molar-refractivity contribution in [2.45, 2.75) is 33.1 Å². The number of nitrogens with one attached hydrogen (secondary N) is 3. The van der Waals surface area contributed by atoms with Crippen LogP contribution < -0.4 is 16.0 Å². The number of aryl methyl sites for hydroxylation is 1. The lowest BCUT2D eigenvalue weighted by Crippen LogP contribution is -2.34. The molecule has 3 aromatic rings. The lowest BCUT2D eigenvalue weighted by Gasteiger charge is -2.19. The van der Waals surface area contributed by atoms with Crippen LogP contribution in [0.25, 0.3) is 0 Å². The minimum atomic E-state index is -0.297. The highest BCUT2D eigenvalue weighted by molar-refractivity contribution is 9.10. The van der Waals surface area contributed by atoms with Gasteiger partial charge in [0.2, 0.25) is 0 Å². The molecule has 0 aliphatic carbocycles. The van der Waals surface area contributed by atoms with Crippen LogP contribution in [-0.4, -0.2) is 16.9 Å². The van der Waals surface area contributed by atoms with Crippen LogP contribution in [0.3, 0.4) is 0 Å². The molecule has 0 bridgehead atoms. The SMILES string of the molecule is Cc1ccc(C(=O)NC(=S)Nc2ccc(NC(=O)c3ccc(C(C)(C)C)cc3)cc2)cc1Br. The molecule has 3 aromatic carbocycles. The van der Waals surface area contributed by atoms with E-state index in [2.05, 4.69) is 52.7 Å². The van der Waals surface area contributed by atoms with Gasteiger partial charge in [0.05, 0.1) is 0 Å². The van der Waals surface area contributed by atoms with Crippen molar-refractivity contribution < 1.29 is 9.59 Å². The monoisotopic (exact) mass is 523 g/mol. The molecule has 0 fully saturated rings. The number of benzene rings is 3. The molecule has 33 heavy (non-hydrogen) atoms. The second-order valence-electron chi connectivity index (χ2n) is 8.73. The van der Waals surface area contributed by atoms with E-state index >= 15 is 0 Å². The molecular formula is C26H26BrN3O2S. The van der Waals surface area contributed by atoms with Gasteiger partial charge in [-0.25, -0.2) is 0 Å². The minimum absolute atomic E-state index is 0.0366. The quantitative estimate of drug-likeness (QED) is 0.344. The van der Waals surface area contributed by atoms with Crippen LogP contribution in [0.4, 0.5) is 11.4 Å². The Morgan fingerprint density at radius 1 is 0.788 bits per heavy atom. The summed E-state index contributed by atoms with van der Waals surface area (Å²) >= 11 is 8.67. The fourth-order valence-corrected chi connectivity index (χ4v) is 3.62. The van der Waals surface area contributed by atoms with Crippen LogP contribution >= 0.6 is 28.1 Å². The van der Waals surface area contributed by atoms with Gasteiger partial charge in [-0.1, -0.05) is 54.9 Å². The zero-order valence-corrected chi connectivity index (χ0v) is 21.4. The summed E-state index contributed by atoms with van der Waals surface area (Å²) in [5, 5.41) is 8.72. The molecule has 0 heterocycles. The molecule has 0 aliphatic rings. The molecular weight excluding hydrogens is 498 g/mol. The fraction of sp³-hybridized carbons (Fsp3) is 0.192. The van der Waals surface area contributed by atoms with Gasteiger partial charge in [0.25, 0.3) is 11.8 Å². The topological polar surface area (TPSA) is 70.2 Å². The summed E-state index contributed by atoms with van der Waals surface area (Å²) < 4.78 is 0.858. The van der Waals surface area contributed by atoms with Crippen molar-refractivity contribution in [3.05, 3.63) is 93.5 Å². The largest absolute Gasteiger partial charge is 0.332 e. The lowest BCUT2D eigenvalue weighted by molar-refractivity contribution is 0.0976. The number of hydrogen-bond acceptors (Lipinski definition) is 3. The first kappa shape index (κ1) is 24.6. The van der Waals surface area contributed by atoms with E-state index in [1.165, 1.54) is 5.56 Å². The molecule has 7 heteroatoms. The van der Waals surface area contributed by atoms with Crippen LogP contribution in [-0.2, 0) is 5.41 Å². The second kappa shape index (κ2) is 10.3. The summed E-state index contributed by atoms with van der Waals surface area (Å²) in [5.41, 5.74) is 4.70. The maximum atomic E-state index is 12.5. The van der Waals surface area contributed by atoms with Crippen molar-refractivity contribution in [2.75, 3.05) is 10.6 Å². The molecule has 0 saturated carbocycles. The van der Waals surface area contributed by atoms with Gasteiger partial charge in [-0.05, 0) is 84.2 Å². The van der Waals surface area contributed by atoms with Crippen molar-refractivity contribution in [1.82, 2.24) is 5.32 Å². The number of thiocarbonyl (C=S) groups is 1. The maximum absolute atomic E-state index is 12.5.